The van der Waals surface area contributed by atoms with Crippen LogP contribution in [0.2, 0.25) is 0 Å². The number of benzene rings is 1. The van der Waals surface area contributed by atoms with E-state index in [0.717, 1.165) is 25.0 Å². The number of nitrogens with one attached hydrogen (secondary N) is 1. The second kappa shape index (κ2) is 6.31. The summed E-state index contributed by atoms with van der Waals surface area (Å²) in [5, 5.41) is 2.78. The van der Waals surface area contributed by atoms with Gasteiger partial charge < -0.3 is 10.1 Å². The van der Waals surface area contributed by atoms with Crippen molar-refractivity contribution in [3.63, 3.8) is 0 Å². The Morgan fingerprint density at radius 3 is 2.89 bits per heavy atom. The highest BCUT2D eigenvalue weighted by Crippen LogP contribution is 2.10. The third-order valence-corrected chi connectivity index (χ3v) is 2.83. The van der Waals surface area contributed by atoms with E-state index < -0.39 is 0 Å². The van der Waals surface area contributed by atoms with E-state index in [9.17, 15) is 9.18 Å². The Kier molecular flexibility index (Phi) is 4.47. The molecule has 1 amide bonds. The summed E-state index contributed by atoms with van der Waals surface area (Å²) in [6.45, 7) is 1.33. The largest absolute Gasteiger partial charge is 0.376 e. The lowest BCUT2D eigenvalue weighted by molar-refractivity contribution is -0.116. The Morgan fingerprint density at radius 1 is 1.44 bits per heavy atom. The second-order valence-corrected chi connectivity index (χ2v) is 4.27. The van der Waals surface area contributed by atoms with Crippen molar-refractivity contribution >= 4 is 12.0 Å². The van der Waals surface area contributed by atoms with E-state index in [1.807, 2.05) is 0 Å². The van der Waals surface area contributed by atoms with Crippen molar-refractivity contribution in [1.82, 2.24) is 5.32 Å². The molecule has 1 fully saturated rings. The molecule has 0 aromatic heterocycles. The highest BCUT2D eigenvalue weighted by atomic mass is 19.1. The van der Waals surface area contributed by atoms with Gasteiger partial charge in [0.2, 0.25) is 5.91 Å². The minimum atomic E-state index is -0.282. The normalized spacial score (nSPS) is 19.3. The molecule has 1 heterocycles. The third-order valence-electron chi connectivity index (χ3n) is 2.83. The number of halogens is 1. The molecular weight excluding hydrogens is 233 g/mol. The molecule has 0 aliphatic carbocycles. The summed E-state index contributed by atoms with van der Waals surface area (Å²) in [5.41, 5.74) is 0.795. The van der Waals surface area contributed by atoms with E-state index in [1.54, 1.807) is 18.2 Å². The molecule has 2 rings (SSSR count). The van der Waals surface area contributed by atoms with Crippen molar-refractivity contribution < 1.29 is 13.9 Å². The maximum atomic E-state index is 12.7. The van der Waals surface area contributed by atoms with Gasteiger partial charge in [0.1, 0.15) is 5.82 Å². The predicted octanol–water partition coefficient (Wildman–Crippen LogP) is 2.13. The van der Waals surface area contributed by atoms with Crippen LogP contribution in [0.1, 0.15) is 18.4 Å². The Balaban J connectivity index is 1.77. The van der Waals surface area contributed by atoms with Crippen LogP contribution in [0.25, 0.3) is 6.08 Å². The van der Waals surface area contributed by atoms with Gasteiger partial charge in [0.15, 0.2) is 0 Å². The number of hydrogen-bond acceptors (Lipinski definition) is 2. The van der Waals surface area contributed by atoms with Gasteiger partial charge in [0.05, 0.1) is 6.10 Å². The van der Waals surface area contributed by atoms with Gasteiger partial charge >= 0.3 is 0 Å². The van der Waals surface area contributed by atoms with Crippen molar-refractivity contribution in [3.8, 4) is 0 Å². The number of amides is 1. The smallest absolute Gasteiger partial charge is 0.244 e. The van der Waals surface area contributed by atoms with Crippen molar-refractivity contribution in [3.05, 3.63) is 41.7 Å². The zero-order chi connectivity index (χ0) is 12.8. The zero-order valence-electron chi connectivity index (χ0n) is 10.1. The topological polar surface area (TPSA) is 38.3 Å². The number of ether oxygens (including phenoxy) is 1. The molecule has 18 heavy (non-hydrogen) atoms. The monoisotopic (exact) mass is 249 g/mol. The molecule has 96 valence electrons. The lowest BCUT2D eigenvalue weighted by Crippen LogP contribution is -2.30. The summed E-state index contributed by atoms with van der Waals surface area (Å²) in [5.74, 6) is -0.440. The first kappa shape index (κ1) is 12.8. The van der Waals surface area contributed by atoms with Crippen molar-refractivity contribution in [2.24, 2.45) is 0 Å². The first-order valence-corrected chi connectivity index (χ1v) is 6.07. The van der Waals surface area contributed by atoms with Gasteiger partial charge in [-0.15, -0.1) is 0 Å². The number of carbonyl (C=O) groups excluding carboxylic acids is 1. The van der Waals surface area contributed by atoms with Crippen LogP contribution in [0.3, 0.4) is 0 Å². The summed E-state index contributed by atoms with van der Waals surface area (Å²) in [6.07, 6.45) is 5.31. The molecule has 1 saturated heterocycles. The molecule has 1 unspecified atom stereocenters. The lowest BCUT2D eigenvalue weighted by atomic mass is 10.2. The molecule has 1 aromatic rings. The third kappa shape index (κ3) is 3.96. The van der Waals surface area contributed by atoms with Crippen LogP contribution in [-0.4, -0.2) is 25.2 Å². The molecule has 0 radical (unpaired) electrons. The molecule has 1 aliphatic heterocycles. The average molecular weight is 249 g/mol. The first-order chi connectivity index (χ1) is 8.74. The van der Waals surface area contributed by atoms with E-state index in [0.29, 0.717) is 6.54 Å². The van der Waals surface area contributed by atoms with Crippen molar-refractivity contribution in [1.29, 1.82) is 0 Å². The van der Waals surface area contributed by atoms with Gasteiger partial charge in [-0.25, -0.2) is 4.39 Å². The molecule has 1 N–H and O–H groups in total. The average Bonchev–Trinajstić information content (AvgIpc) is 2.89. The molecule has 4 heteroatoms. The fourth-order valence-corrected chi connectivity index (χ4v) is 1.82. The van der Waals surface area contributed by atoms with Crippen LogP contribution in [-0.2, 0) is 9.53 Å². The fraction of sp³-hybridized carbons (Fsp3) is 0.357. The van der Waals surface area contributed by atoms with Crippen LogP contribution in [0, 0.1) is 5.82 Å². The summed E-state index contributed by atoms with van der Waals surface area (Å²) in [4.78, 5) is 11.5. The Morgan fingerprint density at radius 2 is 2.22 bits per heavy atom. The number of rotatable bonds is 4. The van der Waals surface area contributed by atoms with Crippen LogP contribution in [0.4, 0.5) is 4.39 Å². The van der Waals surface area contributed by atoms with Crippen molar-refractivity contribution in [2.45, 2.75) is 18.9 Å². The SMILES string of the molecule is O=C(/C=C/c1ccc(F)cc1)NCC1CCCO1. The highest BCUT2D eigenvalue weighted by molar-refractivity contribution is 5.91. The maximum Gasteiger partial charge on any atom is 0.244 e. The van der Waals surface area contributed by atoms with E-state index in [2.05, 4.69) is 5.32 Å². The Bertz CT molecular complexity index is 422. The standard InChI is InChI=1S/C14H16FNO2/c15-12-6-3-11(4-7-12)5-8-14(17)16-10-13-2-1-9-18-13/h3-8,13H,1-2,9-10H2,(H,16,17)/b8-5+. The van der Waals surface area contributed by atoms with E-state index in [4.69, 9.17) is 4.74 Å². The Labute approximate surface area is 106 Å². The summed E-state index contributed by atoms with van der Waals surface area (Å²) >= 11 is 0. The van der Waals surface area contributed by atoms with Gasteiger partial charge in [-0.05, 0) is 36.6 Å². The van der Waals surface area contributed by atoms with E-state index >= 15 is 0 Å². The molecular formula is C14H16FNO2. The molecule has 1 aliphatic rings. The zero-order valence-corrected chi connectivity index (χ0v) is 10.1. The van der Waals surface area contributed by atoms with Gasteiger partial charge in [0.25, 0.3) is 0 Å². The highest BCUT2D eigenvalue weighted by Gasteiger charge is 2.15. The minimum Gasteiger partial charge on any atom is -0.376 e. The van der Waals surface area contributed by atoms with Crippen LogP contribution in [0.15, 0.2) is 30.3 Å². The fourth-order valence-electron chi connectivity index (χ4n) is 1.82. The summed E-state index contributed by atoms with van der Waals surface area (Å²) in [6, 6.07) is 5.98. The lowest BCUT2D eigenvalue weighted by Gasteiger charge is -2.08. The number of hydrogen-bond donors (Lipinski definition) is 1. The first-order valence-electron chi connectivity index (χ1n) is 6.07. The molecule has 0 saturated carbocycles. The minimum absolute atomic E-state index is 0.146. The van der Waals surface area contributed by atoms with Crippen molar-refractivity contribution in [2.75, 3.05) is 13.2 Å². The van der Waals surface area contributed by atoms with Gasteiger partial charge in [-0.3, -0.25) is 4.79 Å². The van der Waals surface area contributed by atoms with Gasteiger partial charge in [-0.1, -0.05) is 12.1 Å². The van der Waals surface area contributed by atoms with Crippen LogP contribution in [0.5, 0.6) is 0 Å². The van der Waals surface area contributed by atoms with E-state index in [-0.39, 0.29) is 17.8 Å². The van der Waals surface area contributed by atoms with Crippen LogP contribution < -0.4 is 5.32 Å². The summed E-state index contributed by atoms with van der Waals surface area (Å²) < 4.78 is 18.1. The van der Waals surface area contributed by atoms with Gasteiger partial charge in [0, 0.05) is 19.2 Å². The quantitative estimate of drug-likeness (QED) is 0.830. The maximum absolute atomic E-state index is 12.7. The summed E-state index contributed by atoms with van der Waals surface area (Å²) in [7, 11) is 0. The molecule has 1 atom stereocenters. The van der Waals surface area contributed by atoms with Gasteiger partial charge in [-0.2, -0.15) is 0 Å². The van der Waals surface area contributed by atoms with Crippen LogP contribution >= 0.6 is 0 Å². The second-order valence-electron chi connectivity index (χ2n) is 4.27. The van der Waals surface area contributed by atoms with E-state index in [1.165, 1.54) is 18.2 Å². The Hall–Kier alpha value is -1.68. The molecule has 0 bridgehead atoms. The molecule has 0 spiro atoms. The number of carbonyl (C=O) groups is 1. The molecule has 3 nitrogen and oxygen atoms in total. The molecule has 1 aromatic carbocycles. The predicted molar refractivity (Wildman–Crippen MR) is 67.4 cm³/mol.